The summed E-state index contributed by atoms with van der Waals surface area (Å²) in [6.07, 6.45) is 0. The van der Waals surface area contributed by atoms with Gasteiger partial charge in [-0.1, -0.05) is 41.6 Å². The summed E-state index contributed by atoms with van der Waals surface area (Å²) in [4.78, 5) is 12.7. The second-order valence-electron chi connectivity index (χ2n) is 7.88. The number of hydrogen-bond acceptors (Lipinski definition) is 7. The van der Waals surface area contributed by atoms with Gasteiger partial charge in [0.1, 0.15) is 0 Å². The fourth-order valence-corrected chi connectivity index (χ4v) is 4.84. The van der Waals surface area contributed by atoms with E-state index in [-0.39, 0.29) is 27.5 Å². The molecule has 174 valence electrons. The first kappa shape index (κ1) is 23.7. The summed E-state index contributed by atoms with van der Waals surface area (Å²) in [6, 6.07) is 18.9. The van der Waals surface area contributed by atoms with Gasteiger partial charge in [0.2, 0.25) is 5.89 Å². The lowest BCUT2D eigenvalue weighted by atomic mass is 10.0. The van der Waals surface area contributed by atoms with Crippen molar-refractivity contribution in [1.82, 2.24) is 10.2 Å². The monoisotopic (exact) mass is 493 g/mol. The molecule has 7 nitrogen and oxygen atoms in total. The number of rotatable bonds is 8. The van der Waals surface area contributed by atoms with Gasteiger partial charge in [-0.05, 0) is 74.4 Å². The van der Waals surface area contributed by atoms with Crippen molar-refractivity contribution in [2.75, 3.05) is 10.5 Å². The molecule has 0 aliphatic carbocycles. The highest BCUT2D eigenvalue weighted by Gasteiger charge is 2.16. The number of anilines is 1. The standard InChI is InChI=1S/C25H23N3O4S2/c1-16-4-12-22(13-5-16)34(30,31)28-21-10-8-19(9-11-21)24-26-27-25(32-24)33-15-23(29)20-7-6-17(2)18(3)14-20/h4-14,28H,15H2,1-3H3. The Labute approximate surface area is 202 Å². The molecule has 34 heavy (non-hydrogen) atoms. The maximum absolute atomic E-state index is 12.6. The topological polar surface area (TPSA) is 102 Å². The normalized spacial score (nSPS) is 11.4. The molecule has 0 saturated carbocycles. The summed E-state index contributed by atoms with van der Waals surface area (Å²) in [5.74, 6) is 0.455. The molecule has 0 unspecified atom stereocenters. The minimum Gasteiger partial charge on any atom is -0.411 e. The predicted octanol–water partition coefficient (Wildman–Crippen LogP) is 5.44. The first-order chi connectivity index (χ1) is 16.2. The Bertz CT molecular complexity index is 1430. The van der Waals surface area contributed by atoms with Gasteiger partial charge in [-0.25, -0.2) is 8.42 Å². The molecular weight excluding hydrogens is 470 g/mol. The number of carbonyl (C=O) groups is 1. The third kappa shape index (κ3) is 5.55. The van der Waals surface area contributed by atoms with Gasteiger partial charge in [0.25, 0.3) is 15.2 Å². The SMILES string of the molecule is Cc1ccc(S(=O)(=O)Nc2ccc(-c3nnc(SCC(=O)c4ccc(C)c(C)c4)o3)cc2)cc1. The summed E-state index contributed by atoms with van der Waals surface area (Å²) in [6.45, 7) is 5.87. The second-order valence-corrected chi connectivity index (χ2v) is 10.5. The first-order valence-electron chi connectivity index (χ1n) is 10.5. The van der Waals surface area contributed by atoms with Gasteiger partial charge in [0.15, 0.2) is 5.78 Å². The Hall–Kier alpha value is -3.43. The van der Waals surface area contributed by atoms with Crippen molar-refractivity contribution in [3.05, 3.63) is 89.0 Å². The van der Waals surface area contributed by atoms with Crippen LogP contribution in [-0.2, 0) is 10.0 Å². The van der Waals surface area contributed by atoms with Gasteiger partial charge in [-0.3, -0.25) is 9.52 Å². The van der Waals surface area contributed by atoms with Crippen molar-refractivity contribution in [2.24, 2.45) is 0 Å². The Morgan fingerprint density at radius 3 is 2.29 bits per heavy atom. The number of aryl methyl sites for hydroxylation is 3. The van der Waals surface area contributed by atoms with Crippen molar-refractivity contribution in [1.29, 1.82) is 0 Å². The average Bonchev–Trinajstić information content (AvgIpc) is 3.29. The largest absolute Gasteiger partial charge is 0.411 e. The molecule has 1 N–H and O–H groups in total. The summed E-state index contributed by atoms with van der Waals surface area (Å²) >= 11 is 1.18. The molecular formula is C25H23N3O4S2. The van der Waals surface area contributed by atoms with Crippen LogP contribution in [-0.4, -0.2) is 30.2 Å². The molecule has 4 aromatic rings. The molecule has 4 rings (SSSR count). The molecule has 0 aliphatic heterocycles. The van der Waals surface area contributed by atoms with E-state index in [0.717, 1.165) is 16.7 Å². The second kappa shape index (κ2) is 9.82. The summed E-state index contributed by atoms with van der Waals surface area (Å²) in [5, 5.41) is 8.32. The van der Waals surface area contributed by atoms with Crippen LogP contribution in [0.25, 0.3) is 11.5 Å². The van der Waals surface area contributed by atoms with E-state index >= 15 is 0 Å². The van der Waals surface area contributed by atoms with Gasteiger partial charge in [0, 0.05) is 16.8 Å². The lowest BCUT2D eigenvalue weighted by molar-refractivity contribution is 0.102. The van der Waals surface area contributed by atoms with Crippen LogP contribution in [0.5, 0.6) is 0 Å². The molecule has 3 aromatic carbocycles. The number of ketones is 1. The van der Waals surface area contributed by atoms with Crippen LogP contribution in [0.15, 0.2) is 81.3 Å². The molecule has 0 spiro atoms. The number of Topliss-reactive ketones (excluding diaryl/α,β-unsaturated/α-hetero) is 1. The van der Waals surface area contributed by atoms with Crippen LogP contribution in [0.1, 0.15) is 27.0 Å². The predicted molar refractivity (Wildman–Crippen MR) is 133 cm³/mol. The Morgan fingerprint density at radius 2 is 1.62 bits per heavy atom. The number of benzene rings is 3. The van der Waals surface area contributed by atoms with Gasteiger partial charge >= 0.3 is 0 Å². The number of nitrogens with one attached hydrogen (secondary N) is 1. The summed E-state index contributed by atoms with van der Waals surface area (Å²) < 4.78 is 33.3. The van der Waals surface area contributed by atoms with E-state index in [2.05, 4.69) is 14.9 Å². The summed E-state index contributed by atoms with van der Waals surface area (Å²) in [5.41, 5.74) is 4.89. The van der Waals surface area contributed by atoms with E-state index in [4.69, 9.17) is 4.42 Å². The quantitative estimate of drug-likeness (QED) is 0.258. The van der Waals surface area contributed by atoms with Crippen molar-refractivity contribution < 1.29 is 17.6 Å². The van der Waals surface area contributed by atoms with Gasteiger partial charge in [-0.2, -0.15) is 0 Å². The fourth-order valence-electron chi connectivity index (χ4n) is 3.12. The smallest absolute Gasteiger partial charge is 0.277 e. The minimum absolute atomic E-state index is 0.0157. The van der Waals surface area contributed by atoms with Crippen LogP contribution in [0.2, 0.25) is 0 Å². The van der Waals surface area contributed by atoms with Crippen molar-refractivity contribution in [3.8, 4) is 11.5 Å². The van der Waals surface area contributed by atoms with E-state index in [1.807, 2.05) is 39.0 Å². The lowest BCUT2D eigenvalue weighted by Gasteiger charge is -2.08. The average molecular weight is 494 g/mol. The van der Waals surface area contributed by atoms with Crippen LogP contribution >= 0.6 is 11.8 Å². The molecule has 1 heterocycles. The number of carbonyl (C=O) groups excluding carboxylic acids is 1. The molecule has 0 saturated heterocycles. The Morgan fingerprint density at radius 1 is 0.912 bits per heavy atom. The maximum atomic E-state index is 12.6. The molecule has 1 aromatic heterocycles. The zero-order valence-electron chi connectivity index (χ0n) is 18.9. The number of aromatic nitrogens is 2. The third-order valence-electron chi connectivity index (χ3n) is 5.28. The molecule has 0 amide bonds. The molecule has 0 radical (unpaired) electrons. The summed E-state index contributed by atoms with van der Waals surface area (Å²) in [7, 11) is -3.68. The highest BCUT2D eigenvalue weighted by atomic mass is 32.2. The van der Waals surface area contributed by atoms with Crippen LogP contribution < -0.4 is 4.72 Å². The third-order valence-corrected chi connectivity index (χ3v) is 7.49. The van der Waals surface area contributed by atoms with Gasteiger partial charge in [-0.15, -0.1) is 10.2 Å². The number of nitrogens with zero attached hydrogens (tertiary/aromatic N) is 2. The van der Waals surface area contributed by atoms with Crippen LogP contribution in [0.3, 0.4) is 0 Å². The highest BCUT2D eigenvalue weighted by molar-refractivity contribution is 7.99. The molecule has 0 fully saturated rings. The fraction of sp³-hybridized carbons (Fsp3) is 0.160. The molecule has 0 bridgehead atoms. The number of sulfonamides is 1. The van der Waals surface area contributed by atoms with Crippen LogP contribution in [0.4, 0.5) is 5.69 Å². The van der Waals surface area contributed by atoms with E-state index in [1.54, 1.807) is 48.5 Å². The number of hydrogen-bond donors (Lipinski definition) is 1. The maximum Gasteiger partial charge on any atom is 0.277 e. The molecule has 9 heteroatoms. The minimum atomic E-state index is -3.68. The first-order valence-corrected chi connectivity index (χ1v) is 12.9. The zero-order chi connectivity index (χ0) is 24.3. The zero-order valence-corrected chi connectivity index (χ0v) is 20.5. The molecule has 0 aliphatic rings. The van der Waals surface area contributed by atoms with E-state index in [1.165, 1.54) is 11.8 Å². The van der Waals surface area contributed by atoms with E-state index in [0.29, 0.717) is 16.8 Å². The van der Waals surface area contributed by atoms with Gasteiger partial charge < -0.3 is 4.42 Å². The van der Waals surface area contributed by atoms with E-state index in [9.17, 15) is 13.2 Å². The highest BCUT2D eigenvalue weighted by Crippen LogP contribution is 2.26. The molecule has 0 atom stereocenters. The van der Waals surface area contributed by atoms with Gasteiger partial charge in [0.05, 0.1) is 10.6 Å². The van der Waals surface area contributed by atoms with Crippen LogP contribution in [0, 0.1) is 20.8 Å². The Kier molecular flexibility index (Phi) is 6.85. The Balaban J connectivity index is 1.39. The van der Waals surface area contributed by atoms with E-state index < -0.39 is 10.0 Å². The lowest BCUT2D eigenvalue weighted by Crippen LogP contribution is -2.12. The van der Waals surface area contributed by atoms with Crippen molar-refractivity contribution in [2.45, 2.75) is 30.9 Å². The van der Waals surface area contributed by atoms with Crippen molar-refractivity contribution in [3.63, 3.8) is 0 Å². The van der Waals surface area contributed by atoms with Crippen molar-refractivity contribution >= 4 is 33.3 Å². The number of thioether (sulfide) groups is 1.